The second-order valence-electron chi connectivity index (χ2n) is 7.77. The maximum Gasteiger partial charge on any atom is 0.231 e. The van der Waals surface area contributed by atoms with Crippen molar-refractivity contribution >= 4 is 17.4 Å². The molecule has 0 bridgehead atoms. The molecule has 27 heavy (non-hydrogen) atoms. The third-order valence-corrected chi connectivity index (χ3v) is 5.74. The van der Waals surface area contributed by atoms with Gasteiger partial charge >= 0.3 is 0 Å². The molecular weight excluding hydrogens is 342 g/mol. The molecule has 0 radical (unpaired) electrons. The van der Waals surface area contributed by atoms with E-state index in [-0.39, 0.29) is 12.0 Å². The third-order valence-electron chi connectivity index (χ3n) is 5.74. The number of pyridine rings is 1. The summed E-state index contributed by atoms with van der Waals surface area (Å²) in [4.78, 5) is 15.0. The van der Waals surface area contributed by atoms with Crippen molar-refractivity contribution in [2.45, 2.75) is 38.2 Å². The quantitative estimate of drug-likeness (QED) is 0.856. The maximum absolute atomic E-state index is 6.28. The Morgan fingerprint density at radius 3 is 2.81 bits per heavy atom. The van der Waals surface area contributed by atoms with E-state index in [1.807, 2.05) is 13.2 Å². The van der Waals surface area contributed by atoms with Crippen molar-refractivity contribution < 1.29 is 9.57 Å². The summed E-state index contributed by atoms with van der Waals surface area (Å²) in [5.74, 6) is 2.06. The van der Waals surface area contributed by atoms with Gasteiger partial charge in [0.25, 0.3) is 0 Å². The van der Waals surface area contributed by atoms with Gasteiger partial charge in [0.05, 0.1) is 17.8 Å². The molecule has 1 N–H and O–H groups in total. The number of hydrogen-bond donors (Lipinski definition) is 1. The summed E-state index contributed by atoms with van der Waals surface area (Å²) in [6.45, 7) is 5.76. The van der Waals surface area contributed by atoms with Gasteiger partial charge in [-0.25, -0.2) is 4.98 Å². The van der Waals surface area contributed by atoms with Gasteiger partial charge in [0, 0.05) is 26.7 Å². The van der Waals surface area contributed by atoms with Gasteiger partial charge in [-0.05, 0) is 50.9 Å². The minimum atomic E-state index is 0.0963. The van der Waals surface area contributed by atoms with Crippen molar-refractivity contribution in [3.05, 3.63) is 18.3 Å². The van der Waals surface area contributed by atoms with Crippen molar-refractivity contribution in [2.24, 2.45) is 11.1 Å². The Hall–Kier alpha value is -2.02. The Morgan fingerprint density at radius 1 is 1.15 bits per heavy atom. The molecule has 0 saturated carbocycles. The highest BCUT2D eigenvalue weighted by Crippen LogP contribution is 2.25. The maximum atomic E-state index is 6.28. The number of aromatic nitrogens is 1. The van der Waals surface area contributed by atoms with Crippen LogP contribution in [0, 0.1) is 5.92 Å². The summed E-state index contributed by atoms with van der Waals surface area (Å²) in [7, 11) is 1.91. The number of piperidine rings is 2. The standard InChI is InChI=1S/C20H31N5O2/c1-21-17-7-8-19(22-12-17)25-11-5-6-16(13-25)20-23-26-15-18(27-20)14-24-9-3-2-4-10-24/h7-8,12,16,18,21H,2-6,9-11,13-15H2,1H3. The third kappa shape index (κ3) is 4.64. The average molecular weight is 374 g/mol. The first-order valence-electron chi connectivity index (χ1n) is 10.3. The van der Waals surface area contributed by atoms with Gasteiger partial charge in [-0.15, -0.1) is 0 Å². The zero-order chi connectivity index (χ0) is 18.5. The minimum Gasteiger partial charge on any atom is -0.470 e. The highest BCUT2D eigenvalue weighted by atomic mass is 16.7. The van der Waals surface area contributed by atoms with Crippen LogP contribution < -0.4 is 10.2 Å². The second-order valence-corrected chi connectivity index (χ2v) is 7.77. The average Bonchev–Trinajstić information content (AvgIpc) is 2.75. The van der Waals surface area contributed by atoms with Crippen LogP contribution in [0.2, 0.25) is 0 Å². The van der Waals surface area contributed by atoms with Crippen molar-refractivity contribution in [3.8, 4) is 0 Å². The number of nitrogens with one attached hydrogen (secondary N) is 1. The molecule has 0 amide bonds. The van der Waals surface area contributed by atoms with E-state index >= 15 is 0 Å². The van der Waals surface area contributed by atoms with Gasteiger partial charge < -0.3 is 19.8 Å². The largest absolute Gasteiger partial charge is 0.470 e. The summed E-state index contributed by atoms with van der Waals surface area (Å²) >= 11 is 0. The van der Waals surface area contributed by atoms with Gasteiger partial charge in [0.15, 0.2) is 6.61 Å². The molecule has 1 aromatic heterocycles. The fourth-order valence-corrected chi connectivity index (χ4v) is 4.21. The molecule has 1 aromatic rings. The van der Waals surface area contributed by atoms with Crippen LogP contribution >= 0.6 is 0 Å². The van der Waals surface area contributed by atoms with Crippen LogP contribution in [0.25, 0.3) is 0 Å². The number of hydrogen-bond acceptors (Lipinski definition) is 7. The fraction of sp³-hybridized carbons (Fsp3) is 0.700. The van der Waals surface area contributed by atoms with Gasteiger partial charge in [-0.1, -0.05) is 11.6 Å². The van der Waals surface area contributed by atoms with Gasteiger partial charge in [0.2, 0.25) is 5.90 Å². The normalized spacial score (nSPS) is 26.7. The molecule has 2 fully saturated rings. The van der Waals surface area contributed by atoms with Crippen LogP contribution in [0.3, 0.4) is 0 Å². The molecule has 148 valence electrons. The topological polar surface area (TPSA) is 62.2 Å². The minimum absolute atomic E-state index is 0.0963. The molecule has 7 nitrogen and oxygen atoms in total. The van der Waals surface area contributed by atoms with E-state index in [2.05, 4.69) is 37.4 Å². The first-order valence-corrected chi connectivity index (χ1v) is 10.3. The molecule has 3 aliphatic heterocycles. The highest BCUT2D eigenvalue weighted by Gasteiger charge is 2.31. The van der Waals surface area contributed by atoms with E-state index < -0.39 is 0 Å². The Labute approximate surface area is 161 Å². The molecule has 0 aromatic carbocycles. The molecule has 4 rings (SSSR count). The van der Waals surface area contributed by atoms with Crippen LogP contribution in [0.5, 0.6) is 0 Å². The number of oxime groups is 1. The van der Waals surface area contributed by atoms with Gasteiger partial charge in [0.1, 0.15) is 11.9 Å². The Balaban J connectivity index is 1.35. The lowest BCUT2D eigenvalue weighted by atomic mass is 9.97. The van der Waals surface area contributed by atoms with Crippen LogP contribution in [-0.2, 0) is 9.57 Å². The van der Waals surface area contributed by atoms with Crippen molar-refractivity contribution in [2.75, 3.05) is 56.6 Å². The van der Waals surface area contributed by atoms with E-state index in [1.54, 1.807) is 0 Å². The Morgan fingerprint density at radius 2 is 2.04 bits per heavy atom. The van der Waals surface area contributed by atoms with E-state index in [4.69, 9.17) is 9.57 Å². The molecular formula is C20H31N5O2. The predicted octanol–water partition coefficient (Wildman–Crippen LogP) is 2.55. The van der Waals surface area contributed by atoms with Crippen molar-refractivity contribution in [1.29, 1.82) is 0 Å². The molecule has 2 saturated heterocycles. The lowest BCUT2D eigenvalue weighted by Crippen LogP contribution is -2.46. The predicted molar refractivity (Wildman–Crippen MR) is 107 cm³/mol. The molecule has 3 aliphatic rings. The van der Waals surface area contributed by atoms with E-state index in [0.29, 0.717) is 6.61 Å². The molecule has 4 heterocycles. The summed E-state index contributed by atoms with van der Waals surface area (Å²) in [5, 5.41) is 7.39. The molecule has 2 atom stereocenters. The summed E-state index contributed by atoms with van der Waals surface area (Å²) in [5.41, 5.74) is 1.03. The summed E-state index contributed by atoms with van der Waals surface area (Å²) < 4.78 is 6.28. The summed E-state index contributed by atoms with van der Waals surface area (Å²) in [6, 6.07) is 4.14. The van der Waals surface area contributed by atoms with Crippen molar-refractivity contribution in [3.63, 3.8) is 0 Å². The lowest BCUT2D eigenvalue weighted by Gasteiger charge is -2.36. The summed E-state index contributed by atoms with van der Waals surface area (Å²) in [6.07, 6.45) is 8.12. The SMILES string of the molecule is CNc1ccc(N2CCCC(C3=NOCC(CN4CCCCC4)O3)C2)nc1. The number of rotatable bonds is 5. The van der Waals surface area contributed by atoms with Crippen LogP contribution in [0.4, 0.5) is 11.5 Å². The zero-order valence-corrected chi connectivity index (χ0v) is 16.3. The highest BCUT2D eigenvalue weighted by molar-refractivity contribution is 5.79. The van der Waals surface area contributed by atoms with Crippen LogP contribution in [0.15, 0.2) is 23.5 Å². The molecule has 0 aliphatic carbocycles. The number of ether oxygens (including phenoxy) is 1. The molecule has 2 unspecified atom stereocenters. The zero-order valence-electron chi connectivity index (χ0n) is 16.3. The number of likely N-dealkylation sites (tertiary alicyclic amines) is 1. The Bertz CT molecular complexity index is 630. The fourth-order valence-electron chi connectivity index (χ4n) is 4.21. The van der Waals surface area contributed by atoms with E-state index in [1.165, 1.54) is 32.4 Å². The first-order chi connectivity index (χ1) is 13.3. The number of nitrogens with zero attached hydrogens (tertiary/aromatic N) is 4. The van der Waals surface area contributed by atoms with E-state index in [9.17, 15) is 0 Å². The van der Waals surface area contributed by atoms with Crippen molar-refractivity contribution in [1.82, 2.24) is 9.88 Å². The van der Waals surface area contributed by atoms with Gasteiger partial charge in [-0.3, -0.25) is 4.90 Å². The Kier molecular flexibility index (Phi) is 5.97. The smallest absolute Gasteiger partial charge is 0.231 e. The monoisotopic (exact) mass is 373 g/mol. The van der Waals surface area contributed by atoms with Crippen LogP contribution in [0.1, 0.15) is 32.1 Å². The molecule has 0 spiro atoms. The molecule has 7 heteroatoms. The lowest BCUT2D eigenvalue weighted by molar-refractivity contribution is -0.0157. The van der Waals surface area contributed by atoms with Crippen LogP contribution in [-0.4, -0.2) is 68.3 Å². The first kappa shape index (κ1) is 18.3. The van der Waals surface area contributed by atoms with E-state index in [0.717, 1.165) is 49.9 Å². The second kappa shape index (κ2) is 8.78. The van der Waals surface area contributed by atoms with Gasteiger partial charge in [-0.2, -0.15) is 0 Å². The number of anilines is 2.